The van der Waals surface area contributed by atoms with Crippen LogP contribution in [0.25, 0.3) is 0 Å². The molecule has 108 valence electrons. The van der Waals surface area contributed by atoms with Gasteiger partial charge in [0.25, 0.3) is 5.56 Å². The third-order valence-electron chi connectivity index (χ3n) is 2.72. The van der Waals surface area contributed by atoms with Crippen molar-refractivity contribution >= 4 is 28.6 Å². The van der Waals surface area contributed by atoms with E-state index >= 15 is 0 Å². The Bertz CT molecular complexity index is 624. The topological polar surface area (TPSA) is 59.8 Å². The van der Waals surface area contributed by atoms with Crippen LogP contribution in [-0.4, -0.2) is 14.8 Å². The third-order valence-corrected chi connectivity index (χ3v) is 4.04. The average molecular weight is 313 g/mol. The summed E-state index contributed by atoms with van der Waals surface area (Å²) in [6, 6.07) is -0.0188. The number of aromatic nitrogens is 3. The highest BCUT2D eigenvalue weighted by atomic mass is 35.5. The first-order chi connectivity index (χ1) is 9.49. The molecule has 0 fully saturated rings. The Balaban J connectivity index is 2.21. The maximum Gasteiger partial charge on any atom is 0.287 e. The van der Waals surface area contributed by atoms with Crippen molar-refractivity contribution in [3.63, 3.8) is 0 Å². The Labute approximate surface area is 126 Å². The van der Waals surface area contributed by atoms with Gasteiger partial charge < -0.3 is 5.32 Å². The lowest BCUT2D eigenvalue weighted by atomic mass is 10.2. The van der Waals surface area contributed by atoms with E-state index in [9.17, 15) is 4.79 Å². The Morgan fingerprint density at radius 2 is 2.20 bits per heavy atom. The van der Waals surface area contributed by atoms with Crippen LogP contribution >= 0.6 is 22.9 Å². The molecule has 1 N–H and O–H groups in total. The highest BCUT2D eigenvalue weighted by Gasteiger charge is 2.14. The van der Waals surface area contributed by atoms with Gasteiger partial charge in [0.2, 0.25) is 0 Å². The number of halogens is 1. The summed E-state index contributed by atoms with van der Waals surface area (Å²) in [6.45, 7) is 6.58. The van der Waals surface area contributed by atoms with Crippen LogP contribution in [0, 0.1) is 5.92 Å². The molecule has 0 saturated carbocycles. The number of nitrogens with zero attached hydrogens (tertiary/aromatic N) is 3. The molecule has 2 aromatic rings. The summed E-state index contributed by atoms with van der Waals surface area (Å²) in [6.07, 6.45) is 3.34. The number of anilines is 1. The van der Waals surface area contributed by atoms with Crippen molar-refractivity contribution < 1.29 is 0 Å². The Hall–Kier alpha value is -1.40. The molecule has 0 radical (unpaired) electrons. The van der Waals surface area contributed by atoms with Crippen molar-refractivity contribution in [1.82, 2.24) is 14.8 Å². The van der Waals surface area contributed by atoms with Crippen LogP contribution in [0.5, 0.6) is 0 Å². The molecule has 0 spiro atoms. The van der Waals surface area contributed by atoms with E-state index in [-0.39, 0.29) is 16.6 Å². The summed E-state index contributed by atoms with van der Waals surface area (Å²) in [7, 11) is 0. The van der Waals surface area contributed by atoms with E-state index in [1.807, 2.05) is 26.2 Å². The quantitative estimate of drug-likeness (QED) is 0.921. The minimum Gasteiger partial charge on any atom is -0.373 e. The molecule has 1 unspecified atom stereocenters. The zero-order valence-corrected chi connectivity index (χ0v) is 13.2. The van der Waals surface area contributed by atoms with Gasteiger partial charge in [-0.15, -0.1) is 11.3 Å². The lowest BCUT2D eigenvalue weighted by Crippen LogP contribution is -2.26. The monoisotopic (exact) mass is 312 g/mol. The Morgan fingerprint density at radius 3 is 2.80 bits per heavy atom. The second-order valence-electron chi connectivity index (χ2n) is 4.99. The molecule has 20 heavy (non-hydrogen) atoms. The van der Waals surface area contributed by atoms with Crippen LogP contribution < -0.4 is 10.9 Å². The molecular weight excluding hydrogens is 296 g/mol. The predicted octanol–water partition coefficient (Wildman–Crippen LogP) is 3.18. The highest BCUT2D eigenvalue weighted by molar-refractivity contribution is 7.09. The van der Waals surface area contributed by atoms with E-state index < -0.39 is 0 Å². The van der Waals surface area contributed by atoms with Crippen molar-refractivity contribution in [3.8, 4) is 0 Å². The molecule has 2 rings (SSSR count). The standard InChI is InChI=1S/C13H17ClN4OS/c1-8(2)7-18-13(19)11(14)10(6-16-18)17-9(3)12-15-4-5-20-12/h4-6,8-9,17H,7H2,1-3H3. The molecule has 0 bridgehead atoms. The second kappa shape index (κ2) is 6.37. The number of nitrogens with one attached hydrogen (secondary N) is 1. The molecular formula is C13H17ClN4OS. The van der Waals surface area contributed by atoms with E-state index in [1.54, 1.807) is 23.7 Å². The Kier molecular flexibility index (Phi) is 4.77. The van der Waals surface area contributed by atoms with Crippen LogP contribution in [0.4, 0.5) is 5.69 Å². The molecule has 7 heteroatoms. The van der Waals surface area contributed by atoms with Crippen molar-refractivity contribution in [2.45, 2.75) is 33.4 Å². The third kappa shape index (κ3) is 3.37. The van der Waals surface area contributed by atoms with E-state index in [0.29, 0.717) is 18.2 Å². The first-order valence-electron chi connectivity index (χ1n) is 6.40. The lowest BCUT2D eigenvalue weighted by Gasteiger charge is -2.15. The maximum absolute atomic E-state index is 12.1. The zero-order chi connectivity index (χ0) is 14.7. The van der Waals surface area contributed by atoms with Crippen LogP contribution in [0.1, 0.15) is 31.8 Å². The molecule has 2 aromatic heterocycles. The fourth-order valence-corrected chi connectivity index (χ4v) is 2.63. The van der Waals surface area contributed by atoms with Gasteiger partial charge in [-0.2, -0.15) is 5.10 Å². The van der Waals surface area contributed by atoms with Gasteiger partial charge in [0, 0.05) is 18.1 Å². The van der Waals surface area contributed by atoms with Gasteiger partial charge >= 0.3 is 0 Å². The zero-order valence-electron chi connectivity index (χ0n) is 11.6. The lowest BCUT2D eigenvalue weighted by molar-refractivity contribution is 0.464. The predicted molar refractivity (Wildman–Crippen MR) is 82.5 cm³/mol. The van der Waals surface area contributed by atoms with Gasteiger partial charge in [-0.05, 0) is 12.8 Å². The van der Waals surface area contributed by atoms with Gasteiger partial charge in [-0.1, -0.05) is 25.4 Å². The largest absolute Gasteiger partial charge is 0.373 e. The summed E-state index contributed by atoms with van der Waals surface area (Å²) in [5, 5.41) is 10.3. The van der Waals surface area contributed by atoms with E-state index in [4.69, 9.17) is 11.6 Å². The van der Waals surface area contributed by atoms with Crippen LogP contribution in [0.2, 0.25) is 5.02 Å². The number of rotatable bonds is 5. The van der Waals surface area contributed by atoms with E-state index in [1.165, 1.54) is 4.68 Å². The second-order valence-corrected chi connectivity index (χ2v) is 6.29. The summed E-state index contributed by atoms with van der Waals surface area (Å²) < 4.78 is 1.40. The molecule has 0 aliphatic heterocycles. The van der Waals surface area contributed by atoms with E-state index in [2.05, 4.69) is 15.4 Å². The van der Waals surface area contributed by atoms with Gasteiger partial charge in [0.05, 0.1) is 17.9 Å². The molecule has 0 aromatic carbocycles. The molecule has 1 atom stereocenters. The molecule has 5 nitrogen and oxygen atoms in total. The fraction of sp³-hybridized carbons (Fsp3) is 0.462. The Morgan fingerprint density at radius 1 is 1.45 bits per heavy atom. The van der Waals surface area contributed by atoms with Gasteiger partial charge in [0.15, 0.2) is 0 Å². The molecule has 0 saturated heterocycles. The molecule has 0 amide bonds. The minimum absolute atomic E-state index is 0.0188. The van der Waals surface area contributed by atoms with E-state index in [0.717, 1.165) is 5.01 Å². The first-order valence-corrected chi connectivity index (χ1v) is 7.66. The molecule has 2 heterocycles. The number of hydrogen-bond acceptors (Lipinski definition) is 5. The summed E-state index contributed by atoms with van der Waals surface area (Å²) in [4.78, 5) is 16.3. The molecule has 0 aliphatic carbocycles. The van der Waals surface area contributed by atoms with Crippen molar-refractivity contribution in [2.24, 2.45) is 5.92 Å². The van der Waals surface area contributed by atoms with Gasteiger partial charge in [-0.3, -0.25) is 4.79 Å². The SMILES string of the molecule is CC(C)Cn1ncc(NC(C)c2nccs2)c(Cl)c1=O. The fourth-order valence-electron chi connectivity index (χ4n) is 1.78. The summed E-state index contributed by atoms with van der Waals surface area (Å²) >= 11 is 7.69. The number of hydrogen-bond donors (Lipinski definition) is 1. The van der Waals surface area contributed by atoms with Crippen molar-refractivity contribution in [3.05, 3.63) is 38.2 Å². The smallest absolute Gasteiger partial charge is 0.287 e. The minimum atomic E-state index is -0.267. The average Bonchev–Trinajstić information content (AvgIpc) is 2.92. The summed E-state index contributed by atoms with van der Waals surface area (Å²) in [5.74, 6) is 0.337. The van der Waals surface area contributed by atoms with Crippen LogP contribution in [-0.2, 0) is 6.54 Å². The van der Waals surface area contributed by atoms with Crippen LogP contribution in [0.15, 0.2) is 22.6 Å². The van der Waals surface area contributed by atoms with Gasteiger partial charge in [-0.25, -0.2) is 9.67 Å². The number of thiazole rings is 1. The molecule has 0 aliphatic rings. The highest BCUT2D eigenvalue weighted by Crippen LogP contribution is 2.23. The van der Waals surface area contributed by atoms with Crippen molar-refractivity contribution in [2.75, 3.05) is 5.32 Å². The normalized spacial score (nSPS) is 12.7. The summed E-state index contributed by atoms with van der Waals surface area (Å²) in [5.41, 5.74) is 0.274. The first kappa shape index (κ1) is 15.0. The van der Waals surface area contributed by atoms with Gasteiger partial charge in [0.1, 0.15) is 10.0 Å². The van der Waals surface area contributed by atoms with Crippen LogP contribution in [0.3, 0.4) is 0 Å². The maximum atomic E-state index is 12.1. The van der Waals surface area contributed by atoms with Crippen molar-refractivity contribution in [1.29, 1.82) is 0 Å².